The van der Waals surface area contributed by atoms with E-state index in [4.69, 9.17) is 5.73 Å². The third-order valence-electron chi connectivity index (χ3n) is 2.06. The number of hydrogen-bond donors (Lipinski definition) is 2. The summed E-state index contributed by atoms with van der Waals surface area (Å²) in [6, 6.07) is 4.12. The number of ketones is 1. The van der Waals surface area contributed by atoms with Gasteiger partial charge in [-0.3, -0.25) is 9.59 Å². The number of nitrogens with two attached hydrogens (primary N) is 1. The van der Waals surface area contributed by atoms with Crippen molar-refractivity contribution < 1.29 is 14.7 Å². The molecule has 0 radical (unpaired) electrons. The molecule has 3 N–H and O–H groups in total. The van der Waals surface area contributed by atoms with Gasteiger partial charge < -0.3 is 10.8 Å². The number of Topliss-reactive ketones (excluding diaryl/α,β-unsaturated/α-hetero) is 1. The van der Waals surface area contributed by atoms with Crippen LogP contribution in [0.15, 0.2) is 18.2 Å². The van der Waals surface area contributed by atoms with E-state index in [0.29, 0.717) is 12.0 Å². The van der Waals surface area contributed by atoms with E-state index in [1.165, 1.54) is 18.2 Å². The van der Waals surface area contributed by atoms with E-state index in [9.17, 15) is 14.7 Å². The molecule has 1 aromatic carbocycles. The van der Waals surface area contributed by atoms with Crippen LogP contribution in [0.1, 0.15) is 40.5 Å². The van der Waals surface area contributed by atoms with Crippen LogP contribution < -0.4 is 5.73 Å². The molecule has 4 nitrogen and oxygen atoms in total. The lowest BCUT2D eigenvalue weighted by molar-refractivity contribution is 0.0981. The molecule has 0 bridgehead atoms. The van der Waals surface area contributed by atoms with Crippen LogP contribution in [-0.4, -0.2) is 16.8 Å². The number of carbonyl (C=O) groups excluding carboxylic acids is 2. The van der Waals surface area contributed by atoms with Crippen molar-refractivity contribution in [2.45, 2.75) is 19.8 Å². The Balaban J connectivity index is 3.07. The van der Waals surface area contributed by atoms with E-state index in [1.807, 2.05) is 6.92 Å². The van der Waals surface area contributed by atoms with Gasteiger partial charge in [-0.25, -0.2) is 0 Å². The second-order valence-electron chi connectivity index (χ2n) is 3.27. The predicted molar refractivity (Wildman–Crippen MR) is 55.9 cm³/mol. The van der Waals surface area contributed by atoms with E-state index in [-0.39, 0.29) is 17.1 Å². The molecule has 0 fully saturated rings. The summed E-state index contributed by atoms with van der Waals surface area (Å²) in [5, 5.41) is 9.30. The maximum atomic E-state index is 11.5. The highest BCUT2D eigenvalue weighted by Gasteiger charge is 2.11. The van der Waals surface area contributed by atoms with Crippen LogP contribution in [0, 0.1) is 0 Å². The molecule has 0 aliphatic rings. The second kappa shape index (κ2) is 4.59. The van der Waals surface area contributed by atoms with Crippen LogP contribution in [0.25, 0.3) is 0 Å². The maximum absolute atomic E-state index is 11.5. The van der Waals surface area contributed by atoms with Crippen LogP contribution in [0.4, 0.5) is 0 Å². The first-order valence-electron chi connectivity index (χ1n) is 4.72. The highest BCUT2D eigenvalue weighted by atomic mass is 16.3. The van der Waals surface area contributed by atoms with Crippen LogP contribution in [0.2, 0.25) is 0 Å². The zero-order chi connectivity index (χ0) is 11.4. The number of primary amides is 1. The van der Waals surface area contributed by atoms with Gasteiger partial charge in [0.15, 0.2) is 5.78 Å². The number of aromatic hydroxyl groups is 1. The van der Waals surface area contributed by atoms with Gasteiger partial charge in [0.05, 0.1) is 5.56 Å². The minimum Gasteiger partial charge on any atom is -0.507 e. The van der Waals surface area contributed by atoms with Gasteiger partial charge in [0, 0.05) is 12.0 Å². The molecule has 0 spiro atoms. The van der Waals surface area contributed by atoms with Gasteiger partial charge in [0.1, 0.15) is 5.75 Å². The number of benzene rings is 1. The maximum Gasteiger partial charge on any atom is 0.252 e. The highest BCUT2D eigenvalue weighted by molar-refractivity contribution is 6.01. The largest absolute Gasteiger partial charge is 0.507 e. The molecule has 0 aliphatic carbocycles. The molecule has 1 rings (SSSR count). The quantitative estimate of drug-likeness (QED) is 0.733. The van der Waals surface area contributed by atoms with E-state index in [2.05, 4.69) is 0 Å². The van der Waals surface area contributed by atoms with Gasteiger partial charge >= 0.3 is 0 Å². The first-order valence-corrected chi connectivity index (χ1v) is 4.72. The van der Waals surface area contributed by atoms with Crippen molar-refractivity contribution in [3.05, 3.63) is 29.3 Å². The third-order valence-corrected chi connectivity index (χ3v) is 2.06. The highest BCUT2D eigenvalue weighted by Crippen LogP contribution is 2.19. The number of amides is 1. The Morgan fingerprint density at radius 1 is 1.40 bits per heavy atom. The number of phenols is 1. The summed E-state index contributed by atoms with van der Waals surface area (Å²) in [7, 11) is 0. The fourth-order valence-corrected chi connectivity index (χ4v) is 1.28. The molecular weight excluding hydrogens is 194 g/mol. The Morgan fingerprint density at radius 3 is 2.60 bits per heavy atom. The van der Waals surface area contributed by atoms with Crippen LogP contribution in [-0.2, 0) is 0 Å². The number of hydrogen-bond acceptors (Lipinski definition) is 3. The molecule has 0 atom stereocenters. The van der Waals surface area contributed by atoms with E-state index in [1.54, 1.807) is 0 Å². The average molecular weight is 207 g/mol. The number of carbonyl (C=O) groups is 2. The van der Waals surface area contributed by atoms with Crippen molar-refractivity contribution in [2.75, 3.05) is 0 Å². The van der Waals surface area contributed by atoms with Crippen molar-refractivity contribution in [1.82, 2.24) is 0 Å². The minimum atomic E-state index is -0.737. The molecule has 1 aromatic rings. The Morgan fingerprint density at radius 2 is 2.07 bits per heavy atom. The lowest BCUT2D eigenvalue weighted by Crippen LogP contribution is -2.12. The standard InChI is InChI=1S/C11H13NO3/c1-2-3-9(13)7-4-5-10(14)8(6-7)11(12)15/h4-6,14H,2-3H2,1H3,(H2,12,15). The second-order valence-corrected chi connectivity index (χ2v) is 3.27. The molecule has 0 saturated carbocycles. The number of rotatable bonds is 4. The smallest absolute Gasteiger partial charge is 0.252 e. The van der Waals surface area contributed by atoms with Gasteiger partial charge in [0.2, 0.25) is 0 Å². The van der Waals surface area contributed by atoms with E-state index in [0.717, 1.165) is 6.42 Å². The van der Waals surface area contributed by atoms with Crippen molar-refractivity contribution in [3.8, 4) is 5.75 Å². The third kappa shape index (κ3) is 2.56. The molecule has 0 saturated heterocycles. The normalized spacial score (nSPS) is 9.93. The van der Waals surface area contributed by atoms with Crippen molar-refractivity contribution >= 4 is 11.7 Å². The predicted octanol–water partition coefficient (Wildman–Crippen LogP) is 1.47. The summed E-state index contributed by atoms with van der Waals surface area (Å²) in [4.78, 5) is 22.4. The van der Waals surface area contributed by atoms with Crippen molar-refractivity contribution in [2.24, 2.45) is 5.73 Å². The van der Waals surface area contributed by atoms with Gasteiger partial charge in [-0.2, -0.15) is 0 Å². The van der Waals surface area contributed by atoms with Gasteiger partial charge in [-0.1, -0.05) is 6.92 Å². The summed E-state index contributed by atoms with van der Waals surface area (Å²) >= 11 is 0. The summed E-state index contributed by atoms with van der Waals surface area (Å²) in [5.41, 5.74) is 5.44. The summed E-state index contributed by atoms with van der Waals surface area (Å²) < 4.78 is 0. The summed E-state index contributed by atoms with van der Waals surface area (Å²) in [6.07, 6.45) is 1.16. The van der Waals surface area contributed by atoms with Crippen LogP contribution in [0.5, 0.6) is 5.75 Å². The Kier molecular flexibility index (Phi) is 3.44. The molecular formula is C11H13NO3. The molecule has 0 aliphatic heterocycles. The molecule has 4 heteroatoms. The van der Waals surface area contributed by atoms with Gasteiger partial charge in [-0.15, -0.1) is 0 Å². The molecule has 0 aromatic heterocycles. The average Bonchev–Trinajstić information content (AvgIpc) is 2.18. The van der Waals surface area contributed by atoms with E-state index >= 15 is 0 Å². The topological polar surface area (TPSA) is 80.4 Å². The zero-order valence-electron chi connectivity index (χ0n) is 8.49. The molecule has 15 heavy (non-hydrogen) atoms. The fourth-order valence-electron chi connectivity index (χ4n) is 1.28. The Labute approximate surface area is 87.7 Å². The van der Waals surface area contributed by atoms with Gasteiger partial charge in [0.25, 0.3) is 5.91 Å². The van der Waals surface area contributed by atoms with Crippen molar-refractivity contribution in [1.29, 1.82) is 0 Å². The lowest BCUT2D eigenvalue weighted by Gasteiger charge is -2.03. The first-order chi connectivity index (χ1) is 7.06. The summed E-state index contributed by atoms with van der Waals surface area (Å²) in [5.74, 6) is -0.991. The molecule has 0 heterocycles. The van der Waals surface area contributed by atoms with Crippen molar-refractivity contribution in [3.63, 3.8) is 0 Å². The van der Waals surface area contributed by atoms with E-state index < -0.39 is 5.91 Å². The zero-order valence-corrected chi connectivity index (χ0v) is 8.49. The minimum absolute atomic E-state index is 0.0167. The van der Waals surface area contributed by atoms with Crippen LogP contribution >= 0.6 is 0 Å². The van der Waals surface area contributed by atoms with Gasteiger partial charge in [-0.05, 0) is 24.6 Å². The SMILES string of the molecule is CCCC(=O)c1ccc(O)c(C(N)=O)c1. The fraction of sp³-hybridized carbons (Fsp3) is 0.273. The molecule has 1 amide bonds. The monoisotopic (exact) mass is 207 g/mol. The van der Waals surface area contributed by atoms with Crippen LogP contribution in [0.3, 0.4) is 0 Å². The summed E-state index contributed by atoms with van der Waals surface area (Å²) in [6.45, 7) is 1.90. The first kappa shape index (κ1) is 11.2. The molecule has 0 unspecified atom stereocenters. The lowest BCUT2D eigenvalue weighted by atomic mass is 10.0. The Hall–Kier alpha value is -1.84. The molecule has 80 valence electrons. The Bertz CT molecular complexity index is 399.